The molecule has 1 heterocycles. The first kappa shape index (κ1) is 10.8. The molecule has 5 heteroatoms. The number of para-hydroxylation sites is 1. The first-order valence-corrected chi connectivity index (χ1v) is 4.95. The minimum absolute atomic E-state index is 0.329. The van der Waals surface area contributed by atoms with Crippen molar-refractivity contribution in [2.45, 2.75) is 0 Å². The number of nitriles is 1. The van der Waals surface area contributed by atoms with Gasteiger partial charge in [0.1, 0.15) is 11.8 Å². The zero-order chi connectivity index (χ0) is 12.3. The molecular weight excluding hydrogens is 216 g/mol. The number of nitrogens with one attached hydrogen (secondary N) is 2. The van der Waals surface area contributed by atoms with Crippen LogP contribution in [0.1, 0.15) is 16.1 Å². The van der Waals surface area contributed by atoms with Gasteiger partial charge in [-0.2, -0.15) is 5.26 Å². The van der Waals surface area contributed by atoms with Crippen LogP contribution in [0.3, 0.4) is 0 Å². The Bertz CT molecular complexity index is 595. The molecule has 0 aliphatic carbocycles. The van der Waals surface area contributed by atoms with Crippen LogP contribution in [0.4, 0.5) is 11.4 Å². The van der Waals surface area contributed by atoms with E-state index < -0.39 is 0 Å². The van der Waals surface area contributed by atoms with Crippen LogP contribution < -0.4 is 11.1 Å². The second kappa shape index (κ2) is 4.41. The Morgan fingerprint density at radius 2 is 2.18 bits per heavy atom. The molecule has 0 bridgehead atoms. The summed E-state index contributed by atoms with van der Waals surface area (Å²) in [6.45, 7) is 0. The fourth-order valence-electron chi connectivity index (χ4n) is 1.42. The van der Waals surface area contributed by atoms with Crippen molar-refractivity contribution in [3.8, 4) is 6.07 Å². The Labute approximate surface area is 97.9 Å². The number of aromatic amines is 1. The summed E-state index contributed by atoms with van der Waals surface area (Å²) < 4.78 is 0. The number of anilines is 2. The van der Waals surface area contributed by atoms with Crippen LogP contribution in [0.15, 0.2) is 36.5 Å². The summed E-state index contributed by atoms with van der Waals surface area (Å²) in [7, 11) is 0. The average Bonchev–Trinajstić information content (AvgIpc) is 2.77. The fraction of sp³-hybridized carbons (Fsp3) is 0. The highest BCUT2D eigenvalue weighted by molar-refractivity contribution is 6.04. The van der Waals surface area contributed by atoms with Crippen molar-refractivity contribution in [2.75, 3.05) is 11.1 Å². The molecule has 17 heavy (non-hydrogen) atoms. The monoisotopic (exact) mass is 226 g/mol. The maximum absolute atomic E-state index is 11.8. The Morgan fingerprint density at radius 3 is 2.82 bits per heavy atom. The van der Waals surface area contributed by atoms with E-state index in [-0.39, 0.29) is 5.91 Å². The molecular formula is C12H10N4O. The predicted molar refractivity (Wildman–Crippen MR) is 64.3 cm³/mol. The van der Waals surface area contributed by atoms with Crippen LogP contribution in [0.5, 0.6) is 0 Å². The van der Waals surface area contributed by atoms with Crippen molar-refractivity contribution < 1.29 is 4.79 Å². The number of rotatable bonds is 2. The van der Waals surface area contributed by atoms with Crippen molar-refractivity contribution in [2.24, 2.45) is 0 Å². The lowest BCUT2D eigenvalue weighted by Gasteiger charge is -2.04. The van der Waals surface area contributed by atoms with Crippen LogP contribution in [0, 0.1) is 11.3 Å². The number of hydrogen-bond acceptors (Lipinski definition) is 3. The van der Waals surface area contributed by atoms with Crippen molar-refractivity contribution in [3.05, 3.63) is 47.8 Å². The molecule has 0 atom stereocenters. The first-order chi connectivity index (χ1) is 8.20. The number of amides is 1. The molecule has 0 saturated carbocycles. The smallest absolute Gasteiger partial charge is 0.272 e. The van der Waals surface area contributed by atoms with Crippen molar-refractivity contribution in [3.63, 3.8) is 0 Å². The van der Waals surface area contributed by atoms with Gasteiger partial charge in [-0.3, -0.25) is 4.79 Å². The van der Waals surface area contributed by atoms with Gasteiger partial charge in [0.25, 0.3) is 5.91 Å². The minimum Gasteiger partial charge on any atom is -0.397 e. The number of nitrogens with two attached hydrogens (primary N) is 1. The predicted octanol–water partition coefficient (Wildman–Crippen LogP) is 1.72. The van der Waals surface area contributed by atoms with Gasteiger partial charge in [0.2, 0.25) is 0 Å². The number of nitrogens with zero attached hydrogens (tertiary/aromatic N) is 1. The summed E-state index contributed by atoms with van der Waals surface area (Å²) in [6.07, 6.45) is 1.53. The van der Waals surface area contributed by atoms with Crippen LogP contribution >= 0.6 is 0 Å². The van der Waals surface area contributed by atoms with E-state index in [2.05, 4.69) is 10.3 Å². The summed E-state index contributed by atoms with van der Waals surface area (Å²) >= 11 is 0. The number of carbonyl (C=O) groups excluding carboxylic acids is 1. The quantitative estimate of drug-likeness (QED) is 0.727. The second-order valence-electron chi connectivity index (χ2n) is 3.46. The number of aromatic nitrogens is 1. The topological polar surface area (TPSA) is 94.7 Å². The molecule has 0 aliphatic rings. The molecule has 4 N–H and O–H groups in total. The van der Waals surface area contributed by atoms with Gasteiger partial charge >= 0.3 is 0 Å². The zero-order valence-electron chi connectivity index (χ0n) is 8.90. The van der Waals surface area contributed by atoms with Gasteiger partial charge in [0.15, 0.2) is 0 Å². The number of benzene rings is 1. The molecule has 0 aliphatic heterocycles. The summed E-state index contributed by atoms with van der Waals surface area (Å²) in [5.74, 6) is -0.329. The van der Waals surface area contributed by atoms with Crippen LogP contribution in [-0.2, 0) is 0 Å². The fourth-order valence-corrected chi connectivity index (χ4v) is 1.42. The SMILES string of the molecule is N#Cc1ccccc1NC(=O)c1cc(N)c[nH]1. The maximum atomic E-state index is 11.8. The van der Waals surface area contributed by atoms with Gasteiger partial charge in [-0.05, 0) is 18.2 Å². The zero-order valence-corrected chi connectivity index (χ0v) is 8.90. The molecule has 1 aromatic heterocycles. The lowest BCUT2D eigenvalue weighted by molar-refractivity contribution is 0.102. The number of H-pyrrole nitrogens is 1. The molecule has 0 unspecified atom stereocenters. The Hall–Kier alpha value is -2.74. The van der Waals surface area contributed by atoms with Crippen molar-refractivity contribution in [1.29, 1.82) is 5.26 Å². The lowest BCUT2D eigenvalue weighted by atomic mass is 10.2. The Morgan fingerprint density at radius 1 is 1.41 bits per heavy atom. The van der Waals surface area contributed by atoms with Gasteiger partial charge in [0, 0.05) is 11.9 Å². The maximum Gasteiger partial charge on any atom is 0.272 e. The van der Waals surface area contributed by atoms with E-state index in [0.29, 0.717) is 22.6 Å². The largest absolute Gasteiger partial charge is 0.397 e. The van der Waals surface area contributed by atoms with Crippen LogP contribution in [0.25, 0.3) is 0 Å². The van der Waals surface area contributed by atoms with Crippen molar-refractivity contribution in [1.82, 2.24) is 4.98 Å². The van der Waals surface area contributed by atoms with Crippen LogP contribution in [-0.4, -0.2) is 10.9 Å². The highest BCUT2D eigenvalue weighted by Gasteiger charge is 2.09. The number of hydrogen-bond donors (Lipinski definition) is 3. The Kier molecular flexibility index (Phi) is 2.79. The number of carbonyl (C=O) groups is 1. The van der Waals surface area contributed by atoms with E-state index >= 15 is 0 Å². The molecule has 1 aromatic carbocycles. The average molecular weight is 226 g/mol. The molecule has 0 spiro atoms. The Balaban J connectivity index is 2.22. The third-order valence-electron chi connectivity index (χ3n) is 2.25. The standard InChI is InChI=1S/C12H10N4O/c13-6-8-3-1-2-4-10(8)16-12(17)11-5-9(14)7-15-11/h1-5,7,15H,14H2,(H,16,17). The summed E-state index contributed by atoms with van der Waals surface area (Å²) in [4.78, 5) is 14.5. The highest BCUT2D eigenvalue weighted by atomic mass is 16.1. The molecule has 84 valence electrons. The van der Waals surface area contributed by atoms with E-state index in [0.717, 1.165) is 0 Å². The van der Waals surface area contributed by atoms with Gasteiger partial charge in [-0.1, -0.05) is 12.1 Å². The third-order valence-corrected chi connectivity index (χ3v) is 2.25. The third kappa shape index (κ3) is 2.26. The molecule has 5 nitrogen and oxygen atoms in total. The van der Waals surface area contributed by atoms with Gasteiger partial charge in [-0.15, -0.1) is 0 Å². The van der Waals surface area contributed by atoms with Crippen molar-refractivity contribution >= 4 is 17.3 Å². The van der Waals surface area contributed by atoms with E-state index in [1.165, 1.54) is 12.3 Å². The van der Waals surface area contributed by atoms with E-state index in [1.54, 1.807) is 24.3 Å². The highest BCUT2D eigenvalue weighted by Crippen LogP contribution is 2.15. The van der Waals surface area contributed by atoms with E-state index in [1.807, 2.05) is 6.07 Å². The van der Waals surface area contributed by atoms with E-state index in [9.17, 15) is 4.79 Å². The molecule has 0 saturated heterocycles. The van der Waals surface area contributed by atoms with Gasteiger partial charge in [-0.25, -0.2) is 0 Å². The lowest BCUT2D eigenvalue weighted by Crippen LogP contribution is -2.13. The molecule has 2 rings (SSSR count). The first-order valence-electron chi connectivity index (χ1n) is 4.95. The summed E-state index contributed by atoms with van der Waals surface area (Å²) in [5, 5.41) is 11.5. The summed E-state index contributed by atoms with van der Waals surface area (Å²) in [5.41, 5.74) is 7.25. The molecule has 0 fully saturated rings. The molecule has 2 aromatic rings. The second-order valence-corrected chi connectivity index (χ2v) is 3.46. The minimum atomic E-state index is -0.329. The molecule has 1 amide bonds. The van der Waals surface area contributed by atoms with Gasteiger partial charge < -0.3 is 16.0 Å². The number of nitrogen functional groups attached to an aromatic ring is 1. The molecule has 0 radical (unpaired) electrons. The summed E-state index contributed by atoms with van der Waals surface area (Å²) in [6, 6.07) is 10.3. The van der Waals surface area contributed by atoms with E-state index in [4.69, 9.17) is 11.0 Å². The normalized spacial score (nSPS) is 9.59. The van der Waals surface area contributed by atoms with Gasteiger partial charge in [0.05, 0.1) is 11.3 Å². The van der Waals surface area contributed by atoms with Crippen LogP contribution in [0.2, 0.25) is 0 Å².